The zero-order chi connectivity index (χ0) is 14.6. The maximum absolute atomic E-state index is 4.45. The first kappa shape index (κ1) is 15.3. The average molecular weight is 275 g/mol. The number of nitrogens with zero attached hydrogens (tertiary/aromatic N) is 2. The van der Waals surface area contributed by atoms with E-state index in [0.717, 1.165) is 12.2 Å². The van der Waals surface area contributed by atoms with Gasteiger partial charge >= 0.3 is 0 Å². The van der Waals surface area contributed by atoms with Crippen molar-refractivity contribution in [3.8, 4) is 0 Å². The van der Waals surface area contributed by atoms with Gasteiger partial charge in [0.15, 0.2) is 0 Å². The molecule has 20 heavy (non-hydrogen) atoms. The molecule has 0 radical (unpaired) electrons. The van der Waals surface area contributed by atoms with Crippen molar-refractivity contribution in [2.24, 2.45) is 5.41 Å². The van der Waals surface area contributed by atoms with Crippen molar-refractivity contribution in [2.45, 2.75) is 53.0 Å². The Balaban J connectivity index is 2.15. The van der Waals surface area contributed by atoms with Crippen LogP contribution < -0.4 is 10.2 Å². The SMILES string of the molecule is CCC1(CC)CCN(c2cc(C)ncc2CNC)CC1. The lowest BCUT2D eigenvalue weighted by atomic mass is 9.74. The van der Waals surface area contributed by atoms with Crippen LogP contribution >= 0.6 is 0 Å². The van der Waals surface area contributed by atoms with Crippen molar-refractivity contribution in [2.75, 3.05) is 25.0 Å². The van der Waals surface area contributed by atoms with Gasteiger partial charge in [0.25, 0.3) is 0 Å². The monoisotopic (exact) mass is 275 g/mol. The number of hydrogen-bond acceptors (Lipinski definition) is 3. The minimum atomic E-state index is 0.585. The lowest BCUT2D eigenvalue weighted by Gasteiger charge is -2.42. The number of nitrogens with one attached hydrogen (secondary N) is 1. The molecule has 1 aromatic rings. The van der Waals surface area contributed by atoms with E-state index < -0.39 is 0 Å². The van der Waals surface area contributed by atoms with E-state index in [2.05, 4.69) is 42.0 Å². The van der Waals surface area contributed by atoms with Crippen molar-refractivity contribution in [3.63, 3.8) is 0 Å². The molecular formula is C17H29N3. The number of aryl methyl sites for hydroxylation is 1. The van der Waals surface area contributed by atoms with Gasteiger partial charge in [0.1, 0.15) is 0 Å². The van der Waals surface area contributed by atoms with Crippen LogP contribution in [0.3, 0.4) is 0 Å². The molecule has 3 heteroatoms. The molecule has 1 N–H and O–H groups in total. The van der Waals surface area contributed by atoms with E-state index in [1.54, 1.807) is 0 Å². The van der Waals surface area contributed by atoms with Crippen LogP contribution in [0.15, 0.2) is 12.3 Å². The van der Waals surface area contributed by atoms with Crippen LogP contribution in [-0.2, 0) is 6.54 Å². The Morgan fingerprint density at radius 1 is 1.25 bits per heavy atom. The van der Waals surface area contributed by atoms with Crippen LogP contribution in [0.1, 0.15) is 50.8 Å². The average Bonchev–Trinajstić information content (AvgIpc) is 2.49. The van der Waals surface area contributed by atoms with Crippen LogP contribution in [-0.4, -0.2) is 25.1 Å². The predicted octanol–water partition coefficient (Wildman–Crippen LogP) is 3.52. The summed E-state index contributed by atoms with van der Waals surface area (Å²) in [5.74, 6) is 0. The van der Waals surface area contributed by atoms with Gasteiger partial charge in [0, 0.05) is 42.8 Å². The molecule has 0 amide bonds. The summed E-state index contributed by atoms with van der Waals surface area (Å²) < 4.78 is 0. The smallest absolute Gasteiger partial charge is 0.0445 e. The second-order valence-corrected chi connectivity index (χ2v) is 6.18. The van der Waals surface area contributed by atoms with Crippen LogP contribution in [0.2, 0.25) is 0 Å². The zero-order valence-electron chi connectivity index (χ0n) is 13.5. The molecule has 0 spiro atoms. The van der Waals surface area contributed by atoms with E-state index >= 15 is 0 Å². The molecule has 1 saturated heterocycles. The number of aromatic nitrogens is 1. The minimum absolute atomic E-state index is 0.585. The quantitative estimate of drug-likeness (QED) is 0.891. The van der Waals surface area contributed by atoms with Gasteiger partial charge < -0.3 is 10.2 Å². The second-order valence-electron chi connectivity index (χ2n) is 6.18. The normalized spacial score (nSPS) is 18.3. The van der Waals surface area contributed by atoms with Gasteiger partial charge in [-0.05, 0) is 38.3 Å². The highest BCUT2D eigenvalue weighted by molar-refractivity contribution is 5.54. The molecular weight excluding hydrogens is 246 g/mol. The summed E-state index contributed by atoms with van der Waals surface area (Å²) in [6.07, 6.45) is 7.30. The van der Waals surface area contributed by atoms with Gasteiger partial charge in [-0.1, -0.05) is 26.7 Å². The Bertz CT molecular complexity index is 428. The fourth-order valence-corrected chi connectivity index (χ4v) is 3.37. The van der Waals surface area contributed by atoms with E-state index in [1.807, 2.05) is 13.2 Å². The Morgan fingerprint density at radius 2 is 1.90 bits per heavy atom. The van der Waals surface area contributed by atoms with Gasteiger partial charge in [0.05, 0.1) is 0 Å². The summed E-state index contributed by atoms with van der Waals surface area (Å²) in [4.78, 5) is 7.01. The molecule has 0 atom stereocenters. The highest BCUT2D eigenvalue weighted by Gasteiger charge is 2.31. The van der Waals surface area contributed by atoms with Crippen LogP contribution in [0.5, 0.6) is 0 Å². The van der Waals surface area contributed by atoms with E-state index in [1.165, 1.54) is 50.0 Å². The third-order valence-corrected chi connectivity index (χ3v) is 5.13. The largest absolute Gasteiger partial charge is 0.371 e. The summed E-state index contributed by atoms with van der Waals surface area (Å²) in [5.41, 5.74) is 4.40. The first-order valence-corrected chi connectivity index (χ1v) is 7.99. The first-order valence-electron chi connectivity index (χ1n) is 7.99. The first-order chi connectivity index (χ1) is 9.64. The van der Waals surface area contributed by atoms with Crippen LogP contribution in [0.4, 0.5) is 5.69 Å². The molecule has 0 bridgehead atoms. The van der Waals surface area contributed by atoms with Gasteiger partial charge in [0.2, 0.25) is 0 Å². The number of rotatable bonds is 5. The van der Waals surface area contributed by atoms with Crippen molar-refractivity contribution in [1.29, 1.82) is 0 Å². The Morgan fingerprint density at radius 3 is 2.45 bits per heavy atom. The summed E-state index contributed by atoms with van der Waals surface area (Å²) in [6.45, 7) is 10.0. The van der Waals surface area contributed by atoms with Gasteiger partial charge in [-0.3, -0.25) is 4.98 Å². The lowest BCUT2D eigenvalue weighted by Crippen LogP contribution is -2.40. The van der Waals surface area contributed by atoms with Crippen molar-refractivity contribution < 1.29 is 0 Å². The van der Waals surface area contributed by atoms with Gasteiger partial charge in [-0.25, -0.2) is 0 Å². The standard InChI is InChI=1S/C17H29N3/c1-5-17(6-2)7-9-20(10-8-17)16-11-14(3)19-13-15(16)12-18-4/h11,13,18H,5-10,12H2,1-4H3. The Labute approximate surface area is 123 Å². The van der Waals surface area contributed by atoms with E-state index in [0.29, 0.717) is 5.41 Å². The van der Waals surface area contributed by atoms with Crippen molar-refractivity contribution in [3.05, 3.63) is 23.5 Å². The third-order valence-electron chi connectivity index (χ3n) is 5.13. The maximum atomic E-state index is 4.45. The molecule has 2 heterocycles. The molecule has 1 fully saturated rings. The topological polar surface area (TPSA) is 28.2 Å². The fourth-order valence-electron chi connectivity index (χ4n) is 3.37. The molecule has 0 aromatic carbocycles. The molecule has 112 valence electrons. The van der Waals surface area contributed by atoms with Gasteiger partial charge in [-0.15, -0.1) is 0 Å². The second kappa shape index (κ2) is 6.57. The number of hydrogen-bond donors (Lipinski definition) is 1. The Hall–Kier alpha value is -1.09. The van der Waals surface area contributed by atoms with Crippen molar-refractivity contribution in [1.82, 2.24) is 10.3 Å². The number of piperidine rings is 1. The van der Waals surface area contributed by atoms with Gasteiger partial charge in [-0.2, -0.15) is 0 Å². The fraction of sp³-hybridized carbons (Fsp3) is 0.706. The highest BCUT2D eigenvalue weighted by Crippen LogP contribution is 2.39. The summed E-state index contributed by atoms with van der Waals surface area (Å²) >= 11 is 0. The molecule has 0 aliphatic carbocycles. The molecule has 1 aliphatic heterocycles. The van der Waals surface area contributed by atoms with Crippen LogP contribution in [0, 0.1) is 12.3 Å². The Kier molecular flexibility index (Phi) is 5.03. The number of anilines is 1. The lowest BCUT2D eigenvalue weighted by molar-refractivity contribution is 0.199. The predicted molar refractivity (Wildman–Crippen MR) is 86.2 cm³/mol. The number of pyridine rings is 1. The zero-order valence-corrected chi connectivity index (χ0v) is 13.5. The molecule has 0 saturated carbocycles. The van der Waals surface area contributed by atoms with E-state index in [4.69, 9.17) is 0 Å². The molecule has 3 nitrogen and oxygen atoms in total. The molecule has 2 rings (SSSR count). The highest BCUT2D eigenvalue weighted by atomic mass is 15.1. The minimum Gasteiger partial charge on any atom is -0.371 e. The van der Waals surface area contributed by atoms with Crippen LogP contribution in [0.25, 0.3) is 0 Å². The molecule has 1 aromatic heterocycles. The summed E-state index contributed by atoms with van der Waals surface area (Å²) in [6, 6.07) is 2.25. The maximum Gasteiger partial charge on any atom is 0.0445 e. The van der Waals surface area contributed by atoms with E-state index in [-0.39, 0.29) is 0 Å². The molecule has 1 aliphatic rings. The molecule has 0 unspecified atom stereocenters. The summed E-state index contributed by atoms with van der Waals surface area (Å²) in [7, 11) is 2.00. The third kappa shape index (κ3) is 3.14. The van der Waals surface area contributed by atoms with E-state index in [9.17, 15) is 0 Å². The van der Waals surface area contributed by atoms with Crippen molar-refractivity contribution >= 4 is 5.69 Å². The summed E-state index contributed by atoms with van der Waals surface area (Å²) in [5, 5.41) is 3.25.